The van der Waals surface area contributed by atoms with Gasteiger partial charge in [0.2, 0.25) is 0 Å². The number of hydrogen-bond donors (Lipinski definition) is 1. The fourth-order valence-electron chi connectivity index (χ4n) is 1.71. The van der Waals surface area contributed by atoms with Crippen molar-refractivity contribution in [1.29, 1.82) is 0 Å². The average Bonchev–Trinajstić information content (AvgIpc) is 2.26. The van der Waals surface area contributed by atoms with Gasteiger partial charge < -0.3 is 9.84 Å². The molecule has 3 heteroatoms. The topological polar surface area (TPSA) is 46.5 Å². The van der Waals surface area contributed by atoms with E-state index in [4.69, 9.17) is 9.84 Å². The third-order valence-electron chi connectivity index (χ3n) is 2.98. The summed E-state index contributed by atoms with van der Waals surface area (Å²) in [6, 6.07) is 5.97. The van der Waals surface area contributed by atoms with Crippen LogP contribution in [-0.4, -0.2) is 17.2 Å². The summed E-state index contributed by atoms with van der Waals surface area (Å²) < 4.78 is 5.66. The summed E-state index contributed by atoms with van der Waals surface area (Å²) in [4.78, 5) is 11.2. The fraction of sp³-hybridized carbons (Fsp3) is 0.533. The Bertz CT molecular complexity index is 422. The predicted molar refractivity (Wildman–Crippen MR) is 72.2 cm³/mol. The van der Waals surface area contributed by atoms with Crippen molar-refractivity contribution < 1.29 is 14.6 Å². The Hall–Kier alpha value is -1.51. The Morgan fingerprint density at radius 1 is 1.22 bits per heavy atom. The number of rotatable bonds is 5. The molecule has 1 N–H and O–H groups in total. The molecule has 0 bridgehead atoms. The molecule has 0 aliphatic carbocycles. The average molecular weight is 250 g/mol. The highest BCUT2D eigenvalue weighted by atomic mass is 16.5. The molecule has 0 aliphatic heterocycles. The van der Waals surface area contributed by atoms with Gasteiger partial charge in [-0.2, -0.15) is 0 Å². The Balaban J connectivity index is 3.01. The van der Waals surface area contributed by atoms with E-state index < -0.39 is 12.1 Å². The highest BCUT2D eigenvalue weighted by Crippen LogP contribution is 2.26. The van der Waals surface area contributed by atoms with Gasteiger partial charge in [-0.05, 0) is 30.0 Å². The first kappa shape index (κ1) is 14.6. The van der Waals surface area contributed by atoms with Gasteiger partial charge in [0.25, 0.3) is 0 Å². The summed E-state index contributed by atoms with van der Waals surface area (Å²) in [5.41, 5.74) is 2.12. The smallest absolute Gasteiger partial charge is 0.345 e. The monoisotopic (exact) mass is 250 g/mol. The lowest BCUT2D eigenvalue weighted by atomic mass is 10.0. The Morgan fingerprint density at radius 2 is 1.83 bits per heavy atom. The quantitative estimate of drug-likeness (QED) is 0.868. The molecule has 0 aromatic heterocycles. The van der Waals surface area contributed by atoms with E-state index in [2.05, 4.69) is 19.9 Å². The molecule has 1 atom stereocenters. The van der Waals surface area contributed by atoms with Crippen LogP contribution in [0, 0.1) is 12.8 Å². The number of ether oxygens (including phenoxy) is 1. The molecular formula is C15H22O3. The summed E-state index contributed by atoms with van der Waals surface area (Å²) in [6.45, 7) is 9.83. The van der Waals surface area contributed by atoms with Gasteiger partial charge in [-0.3, -0.25) is 0 Å². The van der Waals surface area contributed by atoms with Crippen molar-refractivity contribution in [1.82, 2.24) is 0 Å². The second kappa shape index (κ2) is 5.89. The maximum Gasteiger partial charge on any atom is 0.345 e. The molecule has 3 nitrogen and oxygen atoms in total. The van der Waals surface area contributed by atoms with Crippen LogP contribution >= 0.6 is 0 Å². The Kier molecular flexibility index (Phi) is 4.76. The van der Waals surface area contributed by atoms with Crippen LogP contribution < -0.4 is 4.74 Å². The van der Waals surface area contributed by atoms with E-state index in [1.54, 1.807) is 0 Å². The van der Waals surface area contributed by atoms with Crippen LogP contribution in [0.3, 0.4) is 0 Å². The summed E-state index contributed by atoms with van der Waals surface area (Å²) in [6.07, 6.45) is -0.800. The normalized spacial score (nSPS) is 12.8. The molecule has 18 heavy (non-hydrogen) atoms. The molecule has 100 valence electrons. The first-order valence-corrected chi connectivity index (χ1v) is 6.33. The molecule has 1 unspecified atom stereocenters. The van der Waals surface area contributed by atoms with E-state index in [-0.39, 0.29) is 5.92 Å². The lowest BCUT2D eigenvalue weighted by Gasteiger charge is -2.20. The zero-order valence-electron chi connectivity index (χ0n) is 11.7. The summed E-state index contributed by atoms with van der Waals surface area (Å²) in [7, 11) is 0. The van der Waals surface area contributed by atoms with E-state index in [1.807, 2.05) is 32.9 Å². The lowest BCUT2D eigenvalue weighted by molar-refractivity contribution is -0.147. The molecule has 0 heterocycles. The Morgan fingerprint density at radius 3 is 2.28 bits per heavy atom. The van der Waals surface area contributed by atoms with Crippen LogP contribution in [0.2, 0.25) is 0 Å². The highest BCUT2D eigenvalue weighted by Gasteiger charge is 2.24. The van der Waals surface area contributed by atoms with E-state index in [9.17, 15) is 4.79 Å². The minimum atomic E-state index is -0.917. The van der Waals surface area contributed by atoms with Crippen molar-refractivity contribution in [2.24, 2.45) is 5.92 Å². The van der Waals surface area contributed by atoms with Crippen molar-refractivity contribution >= 4 is 5.97 Å². The minimum absolute atomic E-state index is 0.0652. The standard InChI is InChI=1S/C15H22O3/c1-9(2)12-7-6-11(5)13(8-12)18-14(10(3)4)15(16)17/h6-10,14H,1-5H3,(H,16,17). The van der Waals surface area contributed by atoms with Crippen LogP contribution in [0.25, 0.3) is 0 Å². The number of aliphatic carboxylic acids is 1. The van der Waals surface area contributed by atoms with E-state index in [0.717, 1.165) is 11.1 Å². The van der Waals surface area contributed by atoms with Gasteiger partial charge in [-0.25, -0.2) is 4.79 Å². The van der Waals surface area contributed by atoms with Crippen molar-refractivity contribution in [3.63, 3.8) is 0 Å². The number of hydrogen-bond acceptors (Lipinski definition) is 2. The molecule has 0 amide bonds. The third kappa shape index (κ3) is 3.49. The summed E-state index contributed by atoms with van der Waals surface area (Å²) in [5, 5.41) is 9.15. The fourth-order valence-corrected chi connectivity index (χ4v) is 1.71. The molecular weight excluding hydrogens is 228 g/mol. The van der Waals surface area contributed by atoms with Crippen molar-refractivity contribution in [3.05, 3.63) is 29.3 Å². The second-order valence-electron chi connectivity index (χ2n) is 5.30. The van der Waals surface area contributed by atoms with Gasteiger partial charge in [0.05, 0.1) is 0 Å². The van der Waals surface area contributed by atoms with Gasteiger partial charge in [0, 0.05) is 5.92 Å². The van der Waals surface area contributed by atoms with Crippen LogP contribution in [0.5, 0.6) is 5.75 Å². The lowest BCUT2D eigenvalue weighted by Crippen LogP contribution is -2.32. The first-order valence-electron chi connectivity index (χ1n) is 6.33. The largest absolute Gasteiger partial charge is 0.478 e. The number of benzene rings is 1. The number of carbonyl (C=O) groups is 1. The van der Waals surface area contributed by atoms with Gasteiger partial charge in [0.15, 0.2) is 6.10 Å². The van der Waals surface area contributed by atoms with Gasteiger partial charge in [-0.1, -0.05) is 39.8 Å². The van der Waals surface area contributed by atoms with Crippen LogP contribution in [0.15, 0.2) is 18.2 Å². The molecule has 0 radical (unpaired) electrons. The molecule has 0 fully saturated rings. The van der Waals surface area contributed by atoms with Crippen LogP contribution in [-0.2, 0) is 4.79 Å². The Labute approximate surface area is 109 Å². The molecule has 1 rings (SSSR count). The van der Waals surface area contributed by atoms with Crippen LogP contribution in [0.4, 0.5) is 0 Å². The van der Waals surface area contributed by atoms with Gasteiger partial charge >= 0.3 is 5.97 Å². The first-order chi connectivity index (χ1) is 8.32. The SMILES string of the molecule is Cc1ccc(C(C)C)cc1OC(C(=O)O)C(C)C. The van der Waals surface area contributed by atoms with Crippen molar-refractivity contribution in [3.8, 4) is 5.75 Å². The maximum absolute atomic E-state index is 11.2. The van der Waals surface area contributed by atoms with Gasteiger partial charge in [0.1, 0.15) is 5.75 Å². The number of carboxylic acid groups (broad SMARTS) is 1. The zero-order chi connectivity index (χ0) is 13.9. The van der Waals surface area contributed by atoms with E-state index in [1.165, 1.54) is 0 Å². The molecule has 0 saturated heterocycles. The molecule has 0 saturated carbocycles. The predicted octanol–water partition coefficient (Wildman–Crippen LogP) is 3.61. The van der Waals surface area contributed by atoms with Crippen LogP contribution in [0.1, 0.15) is 44.7 Å². The third-order valence-corrected chi connectivity index (χ3v) is 2.98. The van der Waals surface area contributed by atoms with Gasteiger partial charge in [-0.15, -0.1) is 0 Å². The summed E-state index contributed by atoms with van der Waals surface area (Å²) in [5.74, 6) is 0.0848. The minimum Gasteiger partial charge on any atom is -0.478 e. The van der Waals surface area contributed by atoms with Crippen molar-refractivity contribution in [2.75, 3.05) is 0 Å². The molecule has 1 aromatic rings. The van der Waals surface area contributed by atoms with E-state index in [0.29, 0.717) is 11.7 Å². The molecule has 0 spiro atoms. The number of carboxylic acids is 1. The maximum atomic E-state index is 11.2. The highest BCUT2D eigenvalue weighted by molar-refractivity contribution is 5.73. The van der Waals surface area contributed by atoms with Crippen molar-refractivity contribution in [2.45, 2.75) is 46.6 Å². The zero-order valence-corrected chi connectivity index (χ0v) is 11.7. The second-order valence-corrected chi connectivity index (χ2v) is 5.30. The summed E-state index contributed by atoms with van der Waals surface area (Å²) >= 11 is 0. The number of aryl methyl sites for hydroxylation is 1. The molecule has 0 aliphatic rings. The molecule has 1 aromatic carbocycles. The van der Waals surface area contributed by atoms with E-state index >= 15 is 0 Å².